The highest BCUT2D eigenvalue weighted by Gasteiger charge is 2.18. The molecule has 0 aliphatic heterocycles. The van der Waals surface area contributed by atoms with E-state index in [4.69, 9.17) is 31.7 Å². The van der Waals surface area contributed by atoms with Gasteiger partial charge in [0.1, 0.15) is 5.75 Å². The van der Waals surface area contributed by atoms with Gasteiger partial charge in [-0.2, -0.15) is 10.4 Å². The lowest BCUT2D eigenvalue weighted by atomic mass is 10.0. The van der Waals surface area contributed by atoms with Crippen LogP contribution in [0, 0.1) is 22.6 Å². The molecule has 0 aliphatic carbocycles. The van der Waals surface area contributed by atoms with E-state index in [-0.39, 0.29) is 52.3 Å². The van der Waals surface area contributed by atoms with Gasteiger partial charge in [0.25, 0.3) is 0 Å². The minimum Gasteiger partial charge on any atom is -0.453 e. The number of halogens is 3. The van der Waals surface area contributed by atoms with Crippen LogP contribution in [0.5, 0.6) is 11.5 Å². The van der Waals surface area contributed by atoms with Crippen molar-refractivity contribution in [2.75, 3.05) is 12.0 Å². The number of carbonyl (C=O) groups excluding carboxylic acids is 1. The number of esters is 1. The second kappa shape index (κ2) is 10.8. The quantitative estimate of drug-likeness (QED) is 0.231. The molecule has 11 heteroatoms. The van der Waals surface area contributed by atoms with E-state index >= 15 is 4.39 Å². The van der Waals surface area contributed by atoms with Crippen LogP contribution in [-0.4, -0.2) is 28.6 Å². The highest BCUT2D eigenvalue weighted by atomic mass is 79.9. The number of nitrogens with one attached hydrogen (secondary N) is 2. The molecule has 0 bridgehead atoms. The molecule has 0 fully saturated rings. The van der Waals surface area contributed by atoms with Crippen LogP contribution in [0.4, 0.5) is 10.2 Å². The third-order valence-electron chi connectivity index (χ3n) is 4.28. The van der Waals surface area contributed by atoms with Crippen molar-refractivity contribution in [3.63, 3.8) is 0 Å². The monoisotopic (exact) mass is 531 g/mol. The van der Waals surface area contributed by atoms with Gasteiger partial charge in [-0.05, 0) is 51.8 Å². The second-order valence-corrected chi connectivity index (χ2v) is 7.94. The fourth-order valence-corrected chi connectivity index (χ4v) is 3.42. The summed E-state index contributed by atoms with van der Waals surface area (Å²) in [6.07, 6.45) is 1.32. The SMILES string of the molecule is CC(=O)OCNc1nnccc1C(=N)Cc1ccc(Br)c(Oc2cc(Cl)cc(C#N)c2)c1F. The number of rotatable bonds is 8. The molecule has 8 nitrogen and oxygen atoms in total. The minimum absolute atomic E-state index is 0.0527. The van der Waals surface area contributed by atoms with E-state index in [9.17, 15) is 4.79 Å². The number of nitrogens with zero attached hydrogens (tertiary/aromatic N) is 3. The van der Waals surface area contributed by atoms with Gasteiger partial charge in [-0.1, -0.05) is 17.7 Å². The maximum absolute atomic E-state index is 15.3. The van der Waals surface area contributed by atoms with Crippen molar-refractivity contribution in [2.24, 2.45) is 0 Å². The normalized spacial score (nSPS) is 10.3. The van der Waals surface area contributed by atoms with Gasteiger partial charge in [-0.15, -0.1) is 5.10 Å². The molecule has 168 valence electrons. The summed E-state index contributed by atoms with van der Waals surface area (Å²) >= 11 is 9.27. The molecule has 2 aromatic carbocycles. The summed E-state index contributed by atoms with van der Waals surface area (Å²) in [5, 5.41) is 28.3. The first-order valence-corrected chi connectivity index (χ1v) is 10.6. The topological polar surface area (TPSA) is 121 Å². The molecule has 3 aromatic rings. The average Bonchev–Trinajstić information content (AvgIpc) is 2.78. The summed E-state index contributed by atoms with van der Waals surface area (Å²) in [6, 6.07) is 11.0. The van der Waals surface area contributed by atoms with Crippen LogP contribution in [0.15, 0.2) is 47.1 Å². The highest BCUT2D eigenvalue weighted by Crippen LogP contribution is 2.36. The Kier molecular flexibility index (Phi) is 7.92. The number of aromatic nitrogens is 2. The van der Waals surface area contributed by atoms with Crippen molar-refractivity contribution in [1.82, 2.24) is 10.2 Å². The molecule has 0 radical (unpaired) electrons. The van der Waals surface area contributed by atoms with Crippen molar-refractivity contribution in [3.8, 4) is 17.6 Å². The van der Waals surface area contributed by atoms with Crippen LogP contribution in [0.3, 0.4) is 0 Å². The smallest absolute Gasteiger partial charge is 0.304 e. The third-order valence-corrected chi connectivity index (χ3v) is 5.12. The Morgan fingerprint density at radius 3 is 2.85 bits per heavy atom. The summed E-state index contributed by atoms with van der Waals surface area (Å²) in [5.41, 5.74) is 0.891. The van der Waals surface area contributed by atoms with E-state index in [2.05, 4.69) is 31.4 Å². The fraction of sp³-hybridized carbons (Fsp3) is 0.136. The van der Waals surface area contributed by atoms with Gasteiger partial charge in [0.15, 0.2) is 24.1 Å². The van der Waals surface area contributed by atoms with Crippen molar-refractivity contribution >= 4 is 45.0 Å². The van der Waals surface area contributed by atoms with Gasteiger partial charge in [0.2, 0.25) is 0 Å². The Hall–Kier alpha value is -3.55. The number of hydrogen-bond donors (Lipinski definition) is 2. The molecule has 1 aromatic heterocycles. The zero-order chi connectivity index (χ0) is 24.0. The first-order valence-electron chi connectivity index (χ1n) is 9.40. The Morgan fingerprint density at radius 1 is 1.33 bits per heavy atom. The largest absolute Gasteiger partial charge is 0.453 e. The number of anilines is 1. The molecule has 0 saturated heterocycles. The molecule has 0 amide bonds. The van der Waals surface area contributed by atoms with Crippen LogP contribution >= 0.6 is 27.5 Å². The van der Waals surface area contributed by atoms with E-state index in [0.29, 0.717) is 10.0 Å². The minimum atomic E-state index is -0.677. The molecule has 0 atom stereocenters. The maximum atomic E-state index is 15.3. The summed E-state index contributed by atoms with van der Waals surface area (Å²) in [6.45, 7) is 1.12. The molecule has 2 N–H and O–H groups in total. The predicted molar refractivity (Wildman–Crippen MR) is 123 cm³/mol. The van der Waals surface area contributed by atoms with Gasteiger partial charge in [0.05, 0.1) is 22.3 Å². The Labute approximate surface area is 201 Å². The van der Waals surface area contributed by atoms with Gasteiger partial charge >= 0.3 is 5.97 Å². The predicted octanol–water partition coefficient (Wildman–Crippen LogP) is 5.24. The molecule has 33 heavy (non-hydrogen) atoms. The molecule has 0 spiro atoms. The molecule has 0 unspecified atom stereocenters. The van der Waals surface area contributed by atoms with Crippen molar-refractivity contribution in [2.45, 2.75) is 13.3 Å². The number of hydrogen-bond acceptors (Lipinski definition) is 8. The van der Waals surface area contributed by atoms with E-state index in [1.54, 1.807) is 12.1 Å². The summed E-state index contributed by atoms with van der Waals surface area (Å²) in [7, 11) is 0. The second-order valence-electron chi connectivity index (χ2n) is 6.64. The zero-order valence-electron chi connectivity index (χ0n) is 17.2. The maximum Gasteiger partial charge on any atom is 0.304 e. The molecule has 1 heterocycles. The molecule has 3 rings (SSSR count). The first-order chi connectivity index (χ1) is 15.8. The van der Waals surface area contributed by atoms with E-state index < -0.39 is 11.8 Å². The van der Waals surface area contributed by atoms with E-state index in [1.165, 1.54) is 37.4 Å². The van der Waals surface area contributed by atoms with Crippen molar-refractivity contribution in [3.05, 3.63) is 74.6 Å². The lowest BCUT2D eigenvalue weighted by Gasteiger charge is -2.14. The molecule has 0 saturated carbocycles. The molecular weight excluding hydrogens is 517 g/mol. The number of benzene rings is 2. The Morgan fingerprint density at radius 2 is 2.12 bits per heavy atom. The van der Waals surface area contributed by atoms with Gasteiger partial charge in [-0.25, -0.2) is 4.39 Å². The molecule has 0 aliphatic rings. The van der Waals surface area contributed by atoms with E-state index in [0.717, 1.165) is 0 Å². The van der Waals surface area contributed by atoms with Crippen LogP contribution < -0.4 is 10.1 Å². The third kappa shape index (κ3) is 6.25. The summed E-state index contributed by atoms with van der Waals surface area (Å²) in [5.74, 6) is -0.840. The van der Waals surface area contributed by atoms with Crippen LogP contribution in [0.2, 0.25) is 5.02 Å². The number of nitriles is 1. The number of ether oxygens (including phenoxy) is 2. The Bertz CT molecular complexity index is 1270. The van der Waals surface area contributed by atoms with Crippen molar-refractivity contribution in [1.29, 1.82) is 10.7 Å². The lowest BCUT2D eigenvalue weighted by molar-refractivity contribution is -0.140. The van der Waals surface area contributed by atoms with Crippen LogP contribution in [0.1, 0.15) is 23.6 Å². The summed E-state index contributed by atoms with van der Waals surface area (Å²) < 4.78 is 26.2. The highest BCUT2D eigenvalue weighted by molar-refractivity contribution is 9.10. The lowest BCUT2D eigenvalue weighted by Crippen LogP contribution is -2.15. The standard InChI is InChI=1S/C22H16BrClFN5O3/c1-12(31)32-11-28-22-17(4-5-29-30-22)19(27)8-14-2-3-18(23)21(20(14)25)33-16-7-13(10-26)6-15(24)9-16/h2-7,9,27H,8,11H2,1H3,(H,28,30). The average molecular weight is 533 g/mol. The Balaban J connectivity index is 1.85. The first kappa shape index (κ1) is 24.1. The zero-order valence-corrected chi connectivity index (χ0v) is 19.5. The van der Waals surface area contributed by atoms with Gasteiger partial charge < -0.3 is 20.2 Å². The molecular formula is C22H16BrClFN5O3. The van der Waals surface area contributed by atoms with E-state index in [1.807, 2.05) is 6.07 Å². The van der Waals surface area contributed by atoms with Gasteiger partial charge in [-0.3, -0.25) is 4.79 Å². The van der Waals surface area contributed by atoms with Crippen LogP contribution in [0.25, 0.3) is 0 Å². The number of carbonyl (C=O) groups is 1. The summed E-state index contributed by atoms with van der Waals surface area (Å²) in [4.78, 5) is 11.0. The van der Waals surface area contributed by atoms with Gasteiger partial charge in [0, 0.05) is 29.6 Å². The van der Waals surface area contributed by atoms with Crippen molar-refractivity contribution < 1.29 is 18.7 Å². The fourth-order valence-electron chi connectivity index (χ4n) is 2.80. The van der Waals surface area contributed by atoms with Crippen LogP contribution in [-0.2, 0) is 16.0 Å².